The number of carbonyl (C=O) groups is 1. The highest BCUT2D eigenvalue weighted by Gasteiger charge is 2.07. The monoisotopic (exact) mass is 339 g/mol. The molecule has 0 aliphatic rings. The van der Waals surface area contributed by atoms with E-state index in [0.29, 0.717) is 27.3 Å². The third kappa shape index (κ3) is 3.21. The normalized spacial score (nSPS) is 11.5. The van der Waals surface area contributed by atoms with Crippen LogP contribution >= 0.6 is 11.6 Å². The topological polar surface area (TPSA) is 74.8 Å². The Morgan fingerprint density at radius 2 is 1.88 bits per heavy atom. The van der Waals surface area contributed by atoms with E-state index < -0.39 is 0 Å². The van der Waals surface area contributed by atoms with Gasteiger partial charge in [-0.25, -0.2) is 4.98 Å². The molecule has 2 aromatic carbocycles. The van der Waals surface area contributed by atoms with Crippen LogP contribution in [0.3, 0.4) is 0 Å². The maximum Gasteiger partial charge on any atom is 0.259 e. The summed E-state index contributed by atoms with van der Waals surface area (Å²) in [6, 6.07) is 14.0. The average molecular weight is 340 g/mol. The lowest BCUT2D eigenvalue weighted by molar-refractivity contribution is 0.0963. The Morgan fingerprint density at radius 3 is 2.58 bits per heavy atom. The molecule has 0 saturated carbocycles. The molecule has 0 unspecified atom stereocenters. The first-order chi connectivity index (χ1) is 11.6. The molecular formula is C18H14ClN3O2. The van der Waals surface area contributed by atoms with Gasteiger partial charge in [0, 0.05) is 12.6 Å². The van der Waals surface area contributed by atoms with Gasteiger partial charge in [-0.1, -0.05) is 35.9 Å². The summed E-state index contributed by atoms with van der Waals surface area (Å²) in [6.07, 6.45) is 1.68. The van der Waals surface area contributed by atoms with Crippen LogP contribution in [0.25, 0.3) is 22.0 Å². The summed E-state index contributed by atoms with van der Waals surface area (Å²) < 4.78 is 0. The van der Waals surface area contributed by atoms with Crippen molar-refractivity contribution >= 4 is 39.5 Å². The summed E-state index contributed by atoms with van der Waals surface area (Å²) in [6.45, 7) is 0. The number of carbonyl (C=O) groups excluding carboxylic acids is 1. The summed E-state index contributed by atoms with van der Waals surface area (Å²) in [4.78, 5) is 30.7. The maximum atomic E-state index is 12.1. The second-order valence-electron chi connectivity index (χ2n) is 5.13. The number of fused-ring (bicyclic) bond motifs is 1. The van der Waals surface area contributed by atoms with Crippen molar-refractivity contribution in [3.63, 3.8) is 0 Å². The van der Waals surface area contributed by atoms with Gasteiger partial charge >= 0.3 is 0 Å². The number of hydrogen-bond acceptors (Lipinski definition) is 3. The Balaban J connectivity index is 1.96. The molecule has 0 atom stereocenters. The fourth-order valence-corrected chi connectivity index (χ4v) is 2.50. The van der Waals surface area contributed by atoms with Crippen LogP contribution in [-0.4, -0.2) is 22.9 Å². The van der Waals surface area contributed by atoms with Gasteiger partial charge < -0.3 is 10.3 Å². The predicted octanol–water partition coefficient (Wildman–Crippen LogP) is 3.02. The summed E-state index contributed by atoms with van der Waals surface area (Å²) in [5.74, 6) is 0.146. The fraction of sp³-hybridized carbons (Fsp3) is 0.0556. The Labute approximate surface area is 143 Å². The van der Waals surface area contributed by atoms with Gasteiger partial charge in [-0.15, -0.1) is 0 Å². The van der Waals surface area contributed by atoms with E-state index in [2.05, 4.69) is 15.3 Å². The second kappa shape index (κ2) is 6.68. The number of rotatable bonds is 3. The third-order valence-corrected chi connectivity index (χ3v) is 3.82. The Morgan fingerprint density at radius 1 is 1.17 bits per heavy atom. The van der Waals surface area contributed by atoms with Gasteiger partial charge in [-0.3, -0.25) is 9.59 Å². The van der Waals surface area contributed by atoms with E-state index in [-0.39, 0.29) is 11.5 Å². The van der Waals surface area contributed by atoms with Gasteiger partial charge in [0.05, 0.1) is 15.9 Å². The van der Waals surface area contributed by atoms with Crippen LogP contribution in [0.2, 0.25) is 0 Å². The van der Waals surface area contributed by atoms with Crippen molar-refractivity contribution in [2.24, 2.45) is 0 Å². The Kier molecular flexibility index (Phi) is 4.44. The molecule has 0 saturated heterocycles. The SMILES string of the molecule is CNC(=O)c1ccc(/C=C(\Cl)c2nc3ccccc3c(=O)[nH]2)cc1. The fourth-order valence-electron chi connectivity index (χ4n) is 2.29. The Bertz CT molecular complexity index is 991. The first-order valence-electron chi connectivity index (χ1n) is 7.27. The number of nitrogens with one attached hydrogen (secondary N) is 2. The standard InChI is InChI=1S/C18H14ClN3O2/c1-20-17(23)12-8-6-11(7-9-12)10-14(19)16-21-15-5-3-2-4-13(15)18(24)22-16/h2-10H,1H3,(H,20,23)(H,21,22,24)/b14-10-. The van der Waals surface area contributed by atoms with Gasteiger partial charge in [0.1, 0.15) is 0 Å². The van der Waals surface area contributed by atoms with Crippen molar-refractivity contribution in [2.75, 3.05) is 7.05 Å². The number of hydrogen-bond donors (Lipinski definition) is 2. The zero-order chi connectivity index (χ0) is 17.1. The molecule has 5 nitrogen and oxygen atoms in total. The van der Waals surface area contributed by atoms with Crippen LogP contribution in [0.1, 0.15) is 21.7 Å². The van der Waals surface area contributed by atoms with E-state index in [4.69, 9.17) is 11.6 Å². The minimum Gasteiger partial charge on any atom is -0.355 e. The minimum atomic E-state index is -0.239. The molecule has 0 aliphatic heterocycles. The molecule has 3 rings (SSSR count). The van der Waals surface area contributed by atoms with Gasteiger partial charge in [0.15, 0.2) is 5.82 Å². The number of H-pyrrole nitrogens is 1. The largest absolute Gasteiger partial charge is 0.355 e. The van der Waals surface area contributed by atoms with Crippen molar-refractivity contribution in [1.82, 2.24) is 15.3 Å². The smallest absolute Gasteiger partial charge is 0.259 e. The van der Waals surface area contributed by atoms with Crippen LogP contribution in [0.5, 0.6) is 0 Å². The van der Waals surface area contributed by atoms with Crippen LogP contribution in [0, 0.1) is 0 Å². The molecule has 6 heteroatoms. The minimum absolute atomic E-state index is 0.155. The molecule has 0 spiro atoms. The van der Waals surface area contributed by atoms with Gasteiger partial charge in [0.2, 0.25) is 0 Å². The van der Waals surface area contributed by atoms with Crippen molar-refractivity contribution in [3.05, 3.63) is 75.8 Å². The zero-order valence-corrected chi connectivity index (χ0v) is 13.6. The molecule has 1 amide bonds. The lowest BCUT2D eigenvalue weighted by Gasteiger charge is -2.03. The second-order valence-corrected chi connectivity index (χ2v) is 5.53. The zero-order valence-electron chi connectivity index (χ0n) is 12.8. The quantitative estimate of drug-likeness (QED) is 0.770. The Hall–Kier alpha value is -2.92. The van der Waals surface area contributed by atoms with Crippen LogP contribution in [0.4, 0.5) is 0 Å². The molecule has 2 N–H and O–H groups in total. The maximum absolute atomic E-state index is 12.1. The van der Waals surface area contributed by atoms with Gasteiger partial charge in [-0.2, -0.15) is 0 Å². The molecule has 120 valence electrons. The molecule has 24 heavy (non-hydrogen) atoms. The molecular weight excluding hydrogens is 326 g/mol. The van der Waals surface area contributed by atoms with Crippen molar-refractivity contribution < 1.29 is 4.79 Å². The average Bonchev–Trinajstić information content (AvgIpc) is 2.61. The van der Waals surface area contributed by atoms with E-state index in [1.165, 1.54) is 0 Å². The van der Waals surface area contributed by atoms with Crippen molar-refractivity contribution in [1.29, 1.82) is 0 Å². The molecule has 0 bridgehead atoms. The lowest BCUT2D eigenvalue weighted by atomic mass is 10.1. The van der Waals surface area contributed by atoms with Crippen molar-refractivity contribution in [3.8, 4) is 0 Å². The van der Waals surface area contributed by atoms with Crippen LogP contribution in [-0.2, 0) is 0 Å². The van der Waals surface area contributed by atoms with Crippen molar-refractivity contribution in [2.45, 2.75) is 0 Å². The number of aromatic amines is 1. The summed E-state index contributed by atoms with van der Waals surface area (Å²) in [5.41, 5.74) is 1.70. The molecule has 0 fully saturated rings. The van der Waals surface area contributed by atoms with E-state index in [0.717, 1.165) is 5.56 Å². The number of amides is 1. The highest BCUT2D eigenvalue weighted by atomic mass is 35.5. The number of benzene rings is 2. The molecule has 1 heterocycles. The summed E-state index contributed by atoms with van der Waals surface area (Å²) >= 11 is 6.29. The highest BCUT2D eigenvalue weighted by molar-refractivity contribution is 6.50. The molecule has 0 aliphatic carbocycles. The highest BCUT2D eigenvalue weighted by Crippen LogP contribution is 2.20. The predicted molar refractivity (Wildman–Crippen MR) is 95.9 cm³/mol. The first kappa shape index (κ1) is 16.0. The van der Waals surface area contributed by atoms with Crippen LogP contribution < -0.4 is 10.9 Å². The van der Waals surface area contributed by atoms with Gasteiger partial charge in [0.25, 0.3) is 11.5 Å². The van der Waals surface area contributed by atoms with E-state index >= 15 is 0 Å². The van der Waals surface area contributed by atoms with Crippen LogP contribution in [0.15, 0.2) is 53.3 Å². The molecule has 0 radical (unpaired) electrons. The number of nitrogens with zero attached hydrogens (tertiary/aromatic N) is 1. The number of halogens is 1. The molecule has 3 aromatic rings. The van der Waals surface area contributed by atoms with E-state index in [1.54, 1.807) is 55.6 Å². The van der Waals surface area contributed by atoms with E-state index in [1.807, 2.05) is 6.07 Å². The summed E-state index contributed by atoms with van der Waals surface area (Å²) in [7, 11) is 1.58. The lowest BCUT2D eigenvalue weighted by Crippen LogP contribution is -2.17. The first-order valence-corrected chi connectivity index (χ1v) is 7.65. The number of para-hydroxylation sites is 1. The van der Waals surface area contributed by atoms with E-state index in [9.17, 15) is 9.59 Å². The van der Waals surface area contributed by atoms with Gasteiger partial charge in [-0.05, 0) is 35.9 Å². The third-order valence-electron chi connectivity index (χ3n) is 3.53. The summed E-state index contributed by atoms with van der Waals surface area (Å²) in [5, 5.41) is 3.39. The molecule has 1 aromatic heterocycles. The number of aromatic nitrogens is 2.